The summed E-state index contributed by atoms with van der Waals surface area (Å²) in [7, 11) is 0. The number of hydrogen-bond donors (Lipinski definition) is 1. The van der Waals surface area contributed by atoms with Crippen molar-refractivity contribution in [1.29, 1.82) is 0 Å². The van der Waals surface area contributed by atoms with Gasteiger partial charge in [0.05, 0.1) is 11.7 Å². The first-order valence-electron chi connectivity index (χ1n) is 5.16. The van der Waals surface area contributed by atoms with Crippen molar-refractivity contribution in [3.8, 4) is 5.75 Å². The first-order chi connectivity index (χ1) is 8.08. The summed E-state index contributed by atoms with van der Waals surface area (Å²) in [6, 6.07) is 3.47. The summed E-state index contributed by atoms with van der Waals surface area (Å²) in [5.74, 6) is 1.14. The van der Waals surface area contributed by atoms with E-state index in [1.807, 2.05) is 13.8 Å². The maximum atomic E-state index is 5.62. The smallest absolute Gasteiger partial charge is 0.138 e. The van der Waals surface area contributed by atoms with Crippen LogP contribution in [-0.2, 0) is 5.54 Å². The number of pyridine rings is 1. The zero-order chi connectivity index (χ0) is 12.3. The molecule has 2 aromatic rings. The number of nitrogens with zero attached hydrogens (tertiary/aromatic N) is 5. The highest BCUT2D eigenvalue weighted by Crippen LogP contribution is 2.16. The molecule has 0 atom stereocenters. The summed E-state index contributed by atoms with van der Waals surface area (Å²) in [6.07, 6.45) is 3.15. The molecule has 0 fully saturated rings. The molecule has 0 aromatic carbocycles. The molecule has 0 unspecified atom stereocenters. The van der Waals surface area contributed by atoms with E-state index >= 15 is 0 Å². The van der Waals surface area contributed by atoms with Crippen molar-refractivity contribution in [3.05, 3.63) is 24.7 Å². The monoisotopic (exact) mass is 234 g/mol. The van der Waals surface area contributed by atoms with Gasteiger partial charge in [0.2, 0.25) is 0 Å². The van der Waals surface area contributed by atoms with Gasteiger partial charge in [-0.1, -0.05) is 0 Å². The molecule has 0 aliphatic rings. The van der Waals surface area contributed by atoms with Gasteiger partial charge in [-0.2, -0.15) is 0 Å². The Morgan fingerprint density at radius 1 is 1.41 bits per heavy atom. The number of nitrogens with two attached hydrogens (primary N) is 1. The van der Waals surface area contributed by atoms with Crippen LogP contribution < -0.4 is 10.5 Å². The van der Waals surface area contributed by atoms with E-state index in [9.17, 15) is 0 Å². The summed E-state index contributed by atoms with van der Waals surface area (Å²) in [6.45, 7) is 4.39. The van der Waals surface area contributed by atoms with Crippen molar-refractivity contribution in [2.45, 2.75) is 19.4 Å². The standard InChI is InChI=1S/C10H14N6O/c1-10(2,16-7-13-14-15-16)6-17-8-3-4-9(11)12-5-8/h3-5,7H,6H2,1-2H3,(H2,11,12). The van der Waals surface area contributed by atoms with Crippen LogP contribution in [-0.4, -0.2) is 31.8 Å². The number of hydrogen-bond acceptors (Lipinski definition) is 6. The highest BCUT2D eigenvalue weighted by Gasteiger charge is 2.22. The van der Waals surface area contributed by atoms with Crippen LogP contribution in [0, 0.1) is 0 Å². The Bertz CT molecular complexity index is 464. The molecular formula is C10H14N6O. The molecule has 7 nitrogen and oxygen atoms in total. The lowest BCUT2D eigenvalue weighted by Crippen LogP contribution is -2.34. The van der Waals surface area contributed by atoms with Crippen LogP contribution in [0.4, 0.5) is 5.82 Å². The maximum Gasteiger partial charge on any atom is 0.138 e. The van der Waals surface area contributed by atoms with Gasteiger partial charge in [0.25, 0.3) is 0 Å². The van der Waals surface area contributed by atoms with Crippen LogP contribution in [0.3, 0.4) is 0 Å². The number of rotatable bonds is 4. The van der Waals surface area contributed by atoms with Gasteiger partial charge in [-0.15, -0.1) is 5.10 Å². The van der Waals surface area contributed by atoms with E-state index in [1.165, 1.54) is 0 Å². The molecule has 2 N–H and O–H groups in total. The van der Waals surface area contributed by atoms with E-state index in [0.29, 0.717) is 18.2 Å². The predicted octanol–water partition coefficient (Wildman–Crippen LogP) is 0.464. The fourth-order valence-corrected chi connectivity index (χ4v) is 1.24. The van der Waals surface area contributed by atoms with Crippen LogP contribution >= 0.6 is 0 Å². The Balaban J connectivity index is 2.00. The molecule has 0 saturated heterocycles. The quantitative estimate of drug-likeness (QED) is 0.826. The first-order valence-corrected chi connectivity index (χ1v) is 5.16. The molecule has 2 aromatic heterocycles. The Kier molecular flexibility index (Phi) is 2.90. The minimum Gasteiger partial charge on any atom is -0.489 e. The van der Waals surface area contributed by atoms with Gasteiger partial charge in [0.1, 0.15) is 24.5 Å². The van der Waals surface area contributed by atoms with Crippen LogP contribution in [0.15, 0.2) is 24.7 Å². The molecule has 0 saturated carbocycles. The zero-order valence-electron chi connectivity index (χ0n) is 9.74. The Morgan fingerprint density at radius 2 is 2.24 bits per heavy atom. The number of aromatic nitrogens is 5. The van der Waals surface area contributed by atoms with E-state index in [2.05, 4.69) is 20.5 Å². The summed E-state index contributed by atoms with van der Waals surface area (Å²) in [5, 5.41) is 11.1. The normalized spacial score (nSPS) is 11.4. The molecule has 0 aliphatic carbocycles. The largest absolute Gasteiger partial charge is 0.489 e. The Labute approximate surface area is 98.6 Å². The topological polar surface area (TPSA) is 91.7 Å². The first kappa shape index (κ1) is 11.3. The SMILES string of the molecule is CC(C)(COc1ccc(N)nc1)n1cnnn1. The van der Waals surface area contributed by atoms with Crippen LogP contribution in [0.1, 0.15) is 13.8 Å². The minimum atomic E-state index is -0.328. The number of anilines is 1. The van der Waals surface area contributed by atoms with Crippen molar-refractivity contribution in [2.75, 3.05) is 12.3 Å². The summed E-state index contributed by atoms with van der Waals surface area (Å²) in [4.78, 5) is 3.95. The van der Waals surface area contributed by atoms with E-state index in [0.717, 1.165) is 0 Å². The lowest BCUT2D eigenvalue weighted by molar-refractivity contribution is 0.168. The van der Waals surface area contributed by atoms with Crippen LogP contribution in [0.2, 0.25) is 0 Å². The third-order valence-electron chi connectivity index (χ3n) is 2.32. The van der Waals surface area contributed by atoms with Gasteiger partial charge in [-0.25, -0.2) is 9.67 Å². The van der Waals surface area contributed by atoms with Crippen molar-refractivity contribution < 1.29 is 4.74 Å². The molecule has 0 radical (unpaired) electrons. The molecule has 0 aliphatic heterocycles. The Morgan fingerprint density at radius 3 is 2.82 bits per heavy atom. The molecule has 2 heterocycles. The number of ether oxygens (including phenoxy) is 1. The third kappa shape index (κ3) is 2.68. The summed E-state index contributed by atoms with van der Waals surface area (Å²) in [5.41, 5.74) is 5.16. The minimum absolute atomic E-state index is 0.328. The molecule has 90 valence electrons. The fraction of sp³-hybridized carbons (Fsp3) is 0.400. The summed E-state index contributed by atoms with van der Waals surface area (Å²) < 4.78 is 7.27. The lowest BCUT2D eigenvalue weighted by atomic mass is 10.1. The highest BCUT2D eigenvalue weighted by atomic mass is 16.5. The van der Waals surface area contributed by atoms with Crippen LogP contribution in [0.5, 0.6) is 5.75 Å². The van der Waals surface area contributed by atoms with E-state index < -0.39 is 0 Å². The van der Waals surface area contributed by atoms with Crippen molar-refractivity contribution in [1.82, 2.24) is 25.2 Å². The fourth-order valence-electron chi connectivity index (χ4n) is 1.24. The summed E-state index contributed by atoms with van der Waals surface area (Å²) >= 11 is 0. The molecule has 7 heteroatoms. The molecular weight excluding hydrogens is 220 g/mol. The van der Waals surface area contributed by atoms with Crippen molar-refractivity contribution >= 4 is 5.82 Å². The van der Waals surface area contributed by atoms with Gasteiger partial charge >= 0.3 is 0 Å². The lowest BCUT2D eigenvalue weighted by Gasteiger charge is -2.23. The van der Waals surface area contributed by atoms with Gasteiger partial charge in [0, 0.05) is 0 Å². The second-order valence-corrected chi connectivity index (χ2v) is 4.27. The zero-order valence-corrected chi connectivity index (χ0v) is 9.74. The van der Waals surface area contributed by atoms with E-state index in [-0.39, 0.29) is 5.54 Å². The number of nitrogen functional groups attached to an aromatic ring is 1. The van der Waals surface area contributed by atoms with Gasteiger partial charge < -0.3 is 10.5 Å². The van der Waals surface area contributed by atoms with Crippen LogP contribution in [0.25, 0.3) is 0 Å². The van der Waals surface area contributed by atoms with Crippen molar-refractivity contribution in [2.24, 2.45) is 0 Å². The second kappa shape index (κ2) is 4.36. The average Bonchev–Trinajstić information content (AvgIpc) is 2.82. The molecule has 17 heavy (non-hydrogen) atoms. The highest BCUT2D eigenvalue weighted by molar-refractivity contribution is 5.32. The van der Waals surface area contributed by atoms with Gasteiger partial charge in [-0.05, 0) is 36.4 Å². The van der Waals surface area contributed by atoms with Gasteiger partial charge in [-0.3, -0.25) is 0 Å². The van der Waals surface area contributed by atoms with E-state index in [4.69, 9.17) is 10.5 Å². The molecule has 0 amide bonds. The van der Waals surface area contributed by atoms with Gasteiger partial charge in [0.15, 0.2) is 0 Å². The maximum absolute atomic E-state index is 5.62. The second-order valence-electron chi connectivity index (χ2n) is 4.27. The molecule has 0 bridgehead atoms. The number of tetrazole rings is 1. The predicted molar refractivity (Wildman–Crippen MR) is 61.3 cm³/mol. The molecule has 2 rings (SSSR count). The Hall–Kier alpha value is -2.18. The van der Waals surface area contributed by atoms with E-state index in [1.54, 1.807) is 29.3 Å². The average molecular weight is 234 g/mol. The van der Waals surface area contributed by atoms with Crippen molar-refractivity contribution in [3.63, 3.8) is 0 Å². The molecule has 0 spiro atoms. The third-order valence-corrected chi connectivity index (χ3v) is 2.32.